The predicted octanol–water partition coefficient (Wildman–Crippen LogP) is 7.05. The summed E-state index contributed by atoms with van der Waals surface area (Å²) in [6.45, 7) is 6.56. The smallest absolute Gasteiger partial charge is 0.112 e. The first kappa shape index (κ1) is 18.5. The van der Waals surface area contributed by atoms with Gasteiger partial charge in [0, 0.05) is 48.5 Å². The number of nitrogens with zero attached hydrogens (tertiary/aromatic N) is 2. The van der Waals surface area contributed by atoms with E-state index < -0.39 is 0 Å². The van der Waals surface area contributed by atoms with Gasteiger partial charge in [-0.1, -0.05) is 68.6 Å². The summed E-state index contributed by atoms with van der Waals surface area (Å²) in [4.78, 5) is 18.1. The van der Waals surface area contributed by atoms with Crippen LogP contribution in [0.2, 0.25) is 0 Å². The molecule has 3 heterocycles. The van der Waals surface area contributed by atoms with E-state index in [9.17, 15) is 0 Å². The first-order chi connectivity index (χ1) is 14.0. The normalized spacial score (nSPS) is 13.1. The molecule has 0 atom stereocenters. The molecule has 144 valence electrons. The summed E-state index contributed by atoms with van der Waals surface area (Å²) >= 11 is 3.68. The minimum atomic E-state index is -0.0661. The van der Waals surface area contributed by atoms with Crippen molar-refractivity contribution in [3.8, 4) is 22.5 Å². The Morgan fingerprint density at radius 1 is 0.793 bits per heavy atom. The van der Waals surface area contributed by atoms with Gasteiger partial charge in [-0.05, 0) is 30.3 Å². The molecule has 3 nitrogen and oxygen atoms in total. The van der Waals surface area contributed by atoms with Gasteiger partial charge in [-0.15, -0.1) is 0 Å². The number of aromatic nitrogens is 3. The molecular formula is C24H21N3S2. The van der Waals surface area contributed by atoms with Crippen LogP contribution < -0.4 is 0 Å². The summed E-state index contributed by atoms with van der Waals surface area (Å²) in [5, 5.41) is 0. The average molecular weight is 416 g/mol. The maximum absolute atomic E-state index is 5.02. The highest BCUT2D eigenvalue weighted by Crippen LogP contribution is 2.52. The third-order valence-corrected chi connectivity index (χ3v) is 7.51. The number of hydrogen-bond donors (Lipinski definition) is 1. The second-order valence-corrected chi connectivity index (χ2v) is 10.2. The van der Waals surface area contributed by atoms with Crippen molar-refractivity contribution >= 4 is 23.5 Å². The van der Waals surface area contributed by atoms with E-state index in [1.165, 1.54) is 25.1 Å². The van der Waals surface area contributed by atoms with E-state index in [1.807, 2.05) is 48.1 Å². The third-order valence-electron chi connectivity index (χ3n) is 4.90. The van der Waals surface area contributed by atoms with Crippen molar-refractivity contribution < 1.29 is 0 Å². The number of imidazole rings is 1. The number of benzene rings is 2. The van der Waals surface area contributed by atoms with Crippen molar-refractivity contribution in [3.05, 3.63) is 72.8 Å². The minimum absolute atomic E-state index is 0.0661. The van der Waals surface area contributed by atoms with E-state index in [0.717, 1.165) is 22.8 Å². The molecule has 5 heteroatoms. The van der Waals surface area contributed by atoms with E-state index in [2.05, 4.69) is 73.2 Å². The predicted molar refractivity (Wildman–Crippen MR) is 121 cm³/mol. The second-order valence-electron chi connectivity index (χ2n) is 8.08. The lowest BCUT2D eigenvalue weighted by molar-refractivity contribution is 0.553. The molecule has 0 spiro atoms. The molecule has 29 heavy (non-hydrogen) atoms. The fraction of sp³-hybridized carbons (Fsp3) is 0.167. The highest BCUT2D eigenvalue weighted by molar-refractivity contribution is 8.05. The Kier molecular flexibility index (Phi) is 4.52. The monoisotopic (exact) mass is 415 g/mol. The van der Waals surface area contributed by atoms with E-state index in [-0.39, 0.29) is 5.41 Å². The maximum atomic E-state index is 5.02. The molecule has 0 saturated heterocycles. The van der Waals surface area contributed by atoms with Gasteiger partial charge in [0.05, 0.1) is 11.4 Å². The van der Waals surface area contributed by atoms with Crippen LogP contribution in [0, 0.1) is 0 Å². The van der Waals surface area contributed by atoms with Gasteiger partial charge in [0.15, 0.2) is 0 Å². The van der Waals surface area contributed by atoms with Gasteiger partial charge in [-0.2, -0.15) is 0 Å². The van der Waals surface area contributed by atoms with Crippen LogP contribution >= 0.6 is 23.5 Å². The molecule has 2 aromatic carbocycles. The van der Waals surface area contributed by atoms with Crippen LogP contribution in [0.4, 0.5) is 0 Å². The van der Waals surface area contributed by atoms with Crippen LogP contribution in [0.1, 0.15) is 26.6 Å². The third kappa shape index (κ3) is 3.38. The number of hydrogen-bond acceptors (Lipinski definition) is 4. The number of nitrogens with one attached hydrogen (secondary N) is 1. The summed E-state index contributed by atoms with van der Waals surface area (Å²) in [7, 11) is 0. The lowest BCUT2D eigenvalue weighted by Gasteiger charge is -2.21. The summed E-state index contributed by atoms with van der Waals surface area (Å²) in [6.07, 6.45) is 3.65. The summed E-state index contributed by atoms with van der Waals surface area (Å²) in [5.74, 6) is 0.991. The number of aromatic amines is 1. The second kappa shape index (κ2) is 7.08. The zero-order chi connectivity index (χ0) is 20.0. The number of fused-ring (bicyclic) bond motifs is 2. The van der Waals surface area contributed by atoms with E-state index >= 15 is 0 Å². The SMILES string of the molecule is CC(C)(C)c1nc(-c2ccncc2)c(-c2cccc3c2Sc2ccccc2S3)[nH]1. The molecular weight excluding hydrogens is 394 g/mol. The first-order valence-corrected chi connectivity index (χ1v) is 11.2. The van der Waals surface area contributed by atoms with Crippen molar-refractivity contribution in [2.24, 2.45) is 0 Å². The Hall–Kier alpha value is -2.50. The van der Waals surface area contributed by atoms with Crippen molar-refractivity contribution in [3.63, 3.8) is 0 Å². The Balaban J connectivity index is 1.71. The molecule has 1 aliphatic rings. The van der Waals surface area contributed by atoms with Crippen molar-refractivity contribution in [2.75, 3.05) is 0 Å². The summed E-state index contributed by atoms with van der Waals surface area (Å²) in [5.41, 5.74) is 4.27. The van der Waals surface area contributed by atoms with Gasteiger partial charge >= 0.3 is 0 Å². The Morgan fingerprint density at radius 3 is 2.21 bits per heavy atom. The van der Waals surface area contributed by atoms with Gasteiger partial charge in [-0.25, -0.2) is 4.98 Å². The molecule has 1 N–H and O–H groups in total. The van der Waals surface area contributed by atoms with Crippen molar-refractivity contribution in [1.82, 2.24) is 15.0 Å². The topological polar surface area (TPSA) is 41.6 Å². The highest BCUT2D eigenvalue weighted by atomic mass is 32.2. The zero-order valence-electron chi connectivity index (χ0n) is 16.6. The lowest BCUT2D eigenvalue weighted by Crippen LogP contribution is -2.13. The number of H-pyrrole nitrogens is 1. The molecule has 0 radical (unpaired) electrons. The van der Waals surface area contributed by atoms with Gasteiger partial charge in [0.25, 0.3) is 0 Å². The molecule has 0 aliphatic carbocycles. The lowest BCUT2D eigenvalue weighted by atomic mass is 9.96. The molecule has 4 aromatic rings. The molecule has 5 rings (SSSR count). The molecule has 0 amide bonds. The standard InChI is InChI=1S/C24H21N3S2/c1-24(2,3)23-26-20(15-11-13-25-14-12-15)21(27-23)16-7-6-10-19-22(16)29-18-9-5-4-8-17(18)28-19/h4-14H,1-3H3,(H,26,27). The Labute approximate surface area is 179 Å². The largest absolute Gasteiger partial charge is 0.341 e. The summed E-state index contributed by atoms with van der Waals surface area (Å²) in [6, 6.07) is 19.2. The van der Waals surface area contributed by atoms with Gasteiger partial charge in [-0.3, -0.25) is 4.98 Å². The van der Waals surface area contributed by atoms with Gasteiger partial charge in [0.1, 0.15) is 5.82 Å². The molecule has 0 saturated carbocycles. The highest BCUT2D eigenvalue weighted by Gasteiger charge is 2.26. The van der Waals surface area contributed by atoms with Crippen LogP contribution in [0.15, 0.2) is 86.6 Å². The molecule has 1 aliphatic heterocycles. The van der Waals surface area contributed by atoms with Crippen LogP contribution in [0.25, 0.3) is 22.5 Å². The van der Waals surface area contributed by atoms with E-state index in [1.54, 1.807) is 0 Å². The average Bonchev–Trinajstić information content (AvgIpc) is 3.18. The Bertz CT molecular complexity index is 1190. The zero-order valence-corrected chi connectivity index (χ0v) is 18.2. The molecule has 0 unspecified atom stereocenters. The van der Waals surface area contributed by atoms with Crippen LogP contribution in [0.3, 0.4) is 0 Å². The fourth-order valence-corrected chi connectivity index (χ4v) is 5.77. The Morgan fingerprint density at radius 2 is 1.48 bits per heavy atom. The van der Waals surface area contributed by atoms with Crippen LogP contribution in [0.5, 0.6) is 0 Å². The summed E-state index contributed by atoms with van der Waals surface area (Å²) < 4.78 is 0. The van der Waals surface area contributed by atoms with Crippen molar-refractivity contribution in [2.45, 2.75) is 45.8 Å². The molecule has 2 aromatic heterocycles. The van der Waals surface area contributed by atoms with Crippen LogP contribution in [-0.2, 0) is 5.41 Å². The quantitative estimate of drug-likeness (QED) is 0.335. The molecule has 0 bridgehead atoms. The van der Waals surface area contributed by atoms with Gasteiger partial charge in [0.2, 0.25) is 0 Å². The number of pyridine rings is 1. The number of rotatable bonds is 2. The van der Waals surface area contributed by atoms with E-state index in [0.29, 0.717) is 0 Å². The van der Waals surface area contributed by atoms with Crippen molar-refractivity contribution in [1.29, 1.82) is 0 Å². The minimum Gasteiger partial charge on any atom is -0.341 e. The van der Waals surface area contributed by atoms with Gasteiger partial charge < -0.3 is 4.98 Å². The molecule has 0 fully saturated rings. The first-order valence-electron chi connectivity index (χ1n) is 9.60. The maximum Gasteiger partial charge on any atom is 0.112 e. The fourth-order valence-electron chi connectivity index (χ4n) is 3.39. The van der Waals surface area contributed by atoms with Crippen LogP contribution in [-0.4, -0.2) is 15.0 Å². The van der Waals surface area contributed by atoms with E-state index in [4.69, 9.17) is 4.98 Å².